The zero-order valence-electron chi connectivity index (χ0n) is 13.7. The fourth-order valence-electron chi connectivity index (χ4n) is 3.18. The molecule has 0 saturated carbocycles. The topological polar surface area (TPSA) is 43.8 Å². The minimum absolute atomic E-state index is 0. The Kier molecular flexibility index (Phi) is 6.85. The number of carboxylic acid groups (broad SMARTS) is 1. The maximum absolute atomic E-state index is 11.4. The van der Waals surface area contributed by atoms with Gasteiger partial charge in [0.25, 0.3) is 0 Å². The largest absolute Gasteiger partial charge is 0.480 e. The van der Waals surface area contributed by atoms with E-state index in [2.05, 4.69) is 47.9 Å². The Morgan fingerprint density at radius 3 is 2.41 bits per heavy atom. The van der Waals surface area contributed by atoms with Crippen LogP contribution in [0.3, 0.4) is 0 Å². The third-order valence-electron chi connectivity index (χ3n) is 4.43. The van der Waals surface area contributed by atoms with Crippen LogP contribution >= 0.6 is 12.4 Å². The maximum Gasteiger partial charge on any atom is 0.320 e. The molecular formula is C17H27ClN2O2. The van der Waals surface area contributed by atoms with Crippen molar-refractivity contribution >= 4 is 18.4 Å². The Labute approximate surface area is 139 Å². The molecule has 22 heavy (non-hydrogen) atoms. The van der Waals surface area contributed by atoms with Crippen molar-refractivity contribution < 1.29 is 9.90 Å². The summed E-state index contributed by atoms with van der Waals surface area (Å²) in [5.74, 6) is -0.704. The van der Waals surface area contributed by atoms with Gasteiger partial charge >= 0.3 is 5.97 Å². The van der Waals surface area contributed by atoms with Crippen LogP contribution in [0.2, 0.25) is 0 Å². The van der Waals surface area contributed by atoms with E-state index in [1.165, 1.54) is 5.56 Å². The van der Waals surface area contributed by atoms with Crippen LogP contribution in [-0.4, -0.2) is 52.1 Å². The van der Waals surface area contributed by atoms with E-state index in [4.69, 9.17) is 0 Å². The molecule has 1 aromatic rings. The Morgan fingerprint density at radius 2 is 1.91 bits per heavy atom. The van der Waals surface area contributed by atoms with E-state index in [0.29, 0.717) is 6.42 Å². The first-order chi connectivity index (χ1) is 9.94. The first-order valence-corrected chi connectivity index (χ1v) is 7.70. The summed E-state index contributed by atoms with van der Waals surface area (Å²) < 4.78 is 0. The van der Waals surface area contributed by atoms with Crippen molar-refractivity contribution in [2.75, 3.05) is 19.6 Å². The summed E-state index contributed by atoms with van der Waals surface area (Å²) in [7, 11) is 0. The van der Waals surface area contributed by atoms with Crippen molar-refractivity contribution in [3.8, 4) is 0 Å². The summed E-state index contributed by atoms with van der Waals surface area (Å²) in [5, 5.41) is 9.34. The van der Waals surface area contributed by atoms with Crippen molar-refractivity contribution in [2.45, 2.75) is 45.3 Å². The van der Waals surface area contributed by atoms with Gasteiger partial charge < -0.3 is 5.11 Å². The highest BCUT2D eigenvalue weighted by atomic mass is 35.5. The predicted octanol–water partition coefficient (Wildman–Crippen LogP) is 2.87. The minimum Gasteiger partial charge on any atom is -0.480 e. The quantitative estimate of drug-likeness (QED) is 0.903. The Balaban J connectivity index is 0.00000242. The first-order valence-electron chi connectivity index (χ1n) is 7.70. The average molecular weight is 327 g/mol. The predicted molar refractivity (Wildman–Crippen MR) is 91.5 cm³/mol. The Bertz CT molecular complexity index is 479. The van der Waals surface area contributed by atoms with Gasteiger partial charge in [-0.05, 0) is 25.8 Å². The van der Waals surface area contributed by atoms with E-state index in [1.54, 1.807) is 0 Å². The molecule has 0 amide bonds. The highest BCUT2D eigenvalue weighted by molar-refractivity contribution is 5.85. The molecule has 1 unspecified atom stereocenters. The molecular weight excluding hydrogens is 300 g/mol. The minimum atomic E-state index is -0.704. The number of aliphatic carboxylic acids is 1. The summed E-state index contributed by atoms with van der Waals surface area (Å²) in [6.45, 7) is 9.80. The molecule has 1 aliphatic heterocycles. The number of nitrogens with zero attached hydrogens (tertiary/aromatic N) is 2. The fourth-order valence-corrected chi connectivity index (χ4v) is 3.18. The lowest BCUT2D eigenvalue weighted by Crippen LogP contribution is -2.61. The third kappa shape index (κ3) is 4.45. The highest BCUT2D eigenvalue weighted by Gasteiger charge is 2.37. The molecule has 0 aromatic heterocycles. The second-order valence-corrected chi connectivity index (χ2v) is 6.45. The summed E-state index contributed by atoms with van der Waals surface area (Å²) in [6, 6.07) is 10.1. The number of halogens is 1. The van der Waals surface area contributed by atoms with Crippen molar-refractivity contribution in [2.24, 2.45) is 0 Å². The Morgan fingerprint density at radius 1 is 1.27 bits per heavy atom. The highest BCUT2D eigenvalue weighted by Crippen LogP contribution is 2.25. The molecule has 1 aliphatic rings. The van der Waals surface area contributed by atoms with E-state index < -0.39 is 5.97 Å². The number of rotatable bonds is 5. The monoisotopic (exact) mass is 326 g/mol. The second-order valence-electron chi connectivity index (χ2n) is 6.45. The van der Waals surface area contributed by atoms with Crippen LogP contribution in [0.1, 0.15) is 32.8 Å². The van der Waals surface area contributed by atoms with E-state index in [-0.39, 0.29) is 24.0 Å². The SMILES string of the molecule is CCC(C(=O)O)N1CCN(Cc2ccccc2)C(C)(C)C1.Cl. The summed E-state index contributed by atoms with van der Waals surface area (Å²) in [5.41, 5.74) is 1.29. The van der Waals surface area contributed by atoms with Crippen LogP contribution in [0.5, 0.6) is 0 Å². The van der Waals surface area contributed by atoms with E-state index in [9.17, 15) is 9.90 Å². The molecule has 2 rings (SSSR count). The number of hydrogen-bond donors (Lipinski definition) is 1. The second kappa shape index (κ2) is 7.95. The smallest absolute Gasteiger partial charge is 0.320 e. The molecule has 0 radical (unpaired) electrons. The lowest BCUT2D eigenvalue weighted by molar-refractivity contribution is -0.145. The van der Waals surface area contributed by atoms with Gasteiger partial charge in [0.2, 0.25) is 0 Å². The van der Waals surface area contributed by atoms with E-state index in [0.717, 1.165) is 26.2 Å². The van der Waals surface area contributed by atoms with Gasteiger partial charge in [-0.2, -0.15) is 0 Å². The maximum atomic E-state index is 11.4. The Hall–Kier alpha value is -1.10. The number of hydrogen-bond acceptors (Lipinski definition) is 3. The van der Waals surface area contributed by atoms with Crippen molar-refractivity contribution in [1.82, 2.24) is 9.80 Å². The molecule has 4 nitrogen and oxygen atoms in total. The standard InChI is InChI=1S/C17H26N2O2.ClH/c1-4-15(16(20)21)18-10-11-19(17(2,3)13-18)12-14-8-6-5-7-9-14;/h5-9,15H,4,10-13H2,1-3H3,(H,20,21);1H. The van der Waals surface area contributed by atoms with Gasteiger partial charge in [-0.3, -0.25) is 14.6 Å². The molecule has 5 heteroatoms. The molecule has 0 spiro atoms. The molecule has 1 saturated heterocycles. The fraction of sp³-hybridized carbons (Fsp3) is 0.588. The van der Waals surface area contributed by atoms with Gasteiger partial charge in [0.1, 0.15) is 6.04 Å². The van der Waals surface area contributed by atoms with Crippen LogP contribution in [0.15, 0.2) is 30.3 Å². The van der Waals surface area contributed by atoms with Gasteiger partial charge in [0, 0.05) is 31.7 Å². The zero-order valence-corrected chi connectivity index (χ0v) is 14.5. The normalized spacial score (nSPS) is 20.1. The molecule has 1 aromatic carbocycles. The van der Waals surface area contributed by atoms with Crippen molar-refractivity contribution in [1.29, 1.82) is 0 Å². The van der Waals surface area contributed by atoms with Gasteiger partial charge in [-0.25, -0.2) is 0 Å². The molecule has 124 valence electrons. The lowest BCUT2D eigenvalue weighted by Gasteiger charge is -2.48. The summed E-state index contributed by atoms with van der Waals surface area (Å²) in [6.07, 6.45) is 0.657. The molecule has 1 N–H and O–H groups in total. The molecule has 1 heterocycles. The molecule has 0 aliphatic carbocycles. The average Bonchev–Trinajstić information content (AvgIpc) is 2.43. The van der Waals surface area contributed by atoms with Crippen molar-refractivity contribution in [3.05, 3.63) is 35.9 Å². The van der Waals surface area contributed by atoms with Crippen molar-refractivity contribution in [3.63, 3.8) is 0 Å². The van der Waals surface area contributed by atoms with Gasteiger partial charge in [-0.15, -0.1) is 12.4 Å². The van der Waals surface area contributed by atoms with Crippen LogP contribution in [-0.2, 0) is 11.3 Å². The van der Waals surface area contributed by atoms with Crippen LogP contribution in [0, 0.1) is 0 Å². The summed E-state index contributed by atoms with van der Waals surface area (Å²) >= 11 is 0. The summed E-state index contributed by atoms with van der Waals surface area (Å²) in [4.78, 5) is 15.9. The van der Waals surface area contributed by atoms with E-state index in [1.807, 2.05) is 13.0 Å². The van der Waals surface area contributed by atoms with Crippen LogP contribution in [0.4, 0.5) is 0 Å². The number of carbonyl (C=O) groups is 1. The van der Waals surface area contributed by atoms with Gasteiger partial charge in [-0.1, -0.05) is 37.3 Å². The van der Waals surface area contributed by atoms with Crippen LogP contribution < -0.4 is 0 Å². The number of carboxylic acids is 1. The lowest BCUT2D eigenvalue weighted by atomic mass is 9.96. The van der Waals surface area contributed by atoms with Gasteiger partial charge in [0.05, 0.1) is 0 Å². The zero-order chi connectivity index (χ0) is 15.5. The third-order valence-corrected chi connectivity index (χ3v) is 4.43. The molecule has 1 fully saturated rings. The number of benzene rings is 1. The van der Waals surface area contributed by atoms with Gasteiger partial charge in [0.15, 0.2) is 0 Å². The molecule has 1 atom stereocenters. The number of piperazine rings is 1. The molecule has 0 bridgehead atoms. The van der Waals surface area contributed by atoms with E-state index >= 15 is 0 Å². The first kappa shape index (κ1) is 18.9. The van der Waals surface area contributed by atoms with Crippen LogP contribution in [0.25, 0.3) is 0 Å².